The van der Waals surface area contributed by atoms with Crippen molar-refractivity contribution in [3.8, 4) is 0 Å². The third kappa shape index (κ3) is 1.81. The number of methoxy groups -OCH3 is 2. The van der Waals surface area contributed by atoms with Gasteiger partial charge in [-0.25, -0.2) is 4.98 Å². The molecule has 0 fully saturated rings. The maximum Gasteiger partial charge on any atom is 0.216 e. The molecule has 4 aromatic rings. The Kier molecular flexibility index (Phi) is 3.06. The van der Waals surface area contributed by atoms with Crippen LogP contribution in [0.2, 0.25) is 0 Å². The largest absolute Gasteiger partial charge is 0.349 e. The second-order valence-corrected chi connectivity index (χ2v) is 5.24. The Hall–Kier alpha value is -2.43. The van der Waals surface area contributed by atoms with E-state index in [1.165, 1.54) is 10.8 Å². The van der Waals surface area contributed by atoms with E-state index in [2.05, 4.69) is 41.4 Å². The van der Waals surface area contributed by atoms with Crippen LogP contribution in [0.15, 0.2) is 48.5 Å². The number of hydrogen-bond acceptors (Lipinski definition) is 3. The van der Waals surface area contributed by atoms with Gasteiger partial charge in [0.2, 0.25) is 6.29 Å². The molecule has 0 bridgehead atoms. The van der Waals surface area contributed by atoms with E-state index >= 15 is 0 Å². The van der Waals surface area contributed by atoms with Gasteiger partial charge in [0.05, 0.1) is 11.0 Å². The number of benzene rings is 3. The minimum absolute atomic E-state index is 0.495. The Balaban J connectivity index is 2.18. The number of nitrogens with zero attached hydrogens (tertiary/aromatic N) is 1. The third-order valence-electron chi connectivity index (χ3n) is 4.04. The monoisotopic (exact) mass is 292 g/mol. The summed E-state index contributed by atoms with van der Waals surface area (Å²) in [5, 5.41) is 4.70. The van der Waals surface area contributed by atoms with Crippen molar-refractivity contribution in [3.05, 3.63) is 54.4 Å². The fourth-order valence-electron chi connectivity index (χ4n) is 3.07. The number of imidazole rings is 1. The molecule has 1 aromatic heterocycles. The number of aromatic amines is 1. The number of rotatable bonds is 3. The smallest absolute Gasteiger partial charge is 0.216 e. The molecule has 0 aliphatic rings. The number of fused-ring (bicyclic) bond motifs is 6. The van der Waals surface area contributed by atoms with Crippen LogP contribution in [0.3, 0.4) is 0 Å². The Bertz CT molecular complexity index is 898. The zero-order valence-electron chi connectivity index (χ0n) is 12.5. The first-order valence-corrected chi connectivity index (χ1v) is 7.18. The molecule has 1 heterocycles. The van der Waals surface area contributed by atoms with Gasteiger partial charge in [0.25, 0.3) is 0 Å². The van der Waals surface area contributed by atoms with Crippen LogP contribution >= 0.6 is 0 Å². The molecule has 0 aliphatic carbocycles. The maximum atomic E-state index is 5.32. The summed E-state index contributed by atoms with van der Waals surface area (Å²) in [6.45, 7) is 0. The van der Waals surface area contributed by atoms with Gasteiger partial charge in [-0.3, -0.25) is 0 Å². The van der Waals surface area contributed by atoms with Gasteiger partial charge in [-0.2, -0.15) is 0 Å². The van der Waals surface area contributed by atoms with Gasteiger partial charge in [0.1, 0.15) is 0 Å². The summed E-state index contributed by atoms with van der Waals surface area (Å²) in [5.74, 6) is 0.682. The molecule has 4 rings (SSSR count). The van der Waals surface area contributed by atoms with Gasteiger partial charge in [-0.05, 0) is 10.8 Å². The van der Waals surface area contributed by atoms with Crippen molar-refractivity contribution in [2.45, 2.75) is 6.29 Å². The van der Waals surface area contributed by atoms with Crippen LogP contribution in [0.25, 0.3) is 32.6 Å². The van der Waals surface area contributed by atoms with Crippen molar-refractivity contribution < 1.29 is 9.47 Å². The lowest BCUT2D eigenvalue weighted by Gasteiger charge is -2.09. The highest BCUT2D eigenvalue weighted by Crippen LogP contribution is 2.34. The van der Waals surface area contributed by atoms with Gasteiger partial charge in [-0.15, -0.1) is 0 Å². The molecule has 22 heavy (non-hydrogen) atoms. The van der Waals surface area contributed by atoms with Crippen LogP contribution in [0.1, 0.15) is 12.1 Å². The van der Waals surface area contributed by atoms with Crippen LogP contribution in [0, 0.1) is 0 Å². The van der Waals surface area contributed by atoms with E-state index in [-0.39, 0.29) is 0 Å². The summed E-state index contributed by atoms with van der Waals surface area (Å²) in [7, 11) is 3.22. The molecular weight excluding hydrogens is 276 g/mol. The van der Waals surface area contributed by atoms with E-state index in [1.807, 2.05) is 12.1 Å². The number of ether oxygens (including phenoxy) is 2. The standard InChI is InChI=1S/C18H16N2O2/c1-21-18(22-2)17-19-15-13-9-5-3-7-11(13)12-8-4-6-10-14(12)16(15)20-17/h3-10,18H,1-2H3,(H,19,20). The first-order valence-electron chi connectivity index (χ1n) is 7.18. The van der Waals surface area contributed by atoms with Crippen molar-refractivity contribution in [2.24, 2.45) is 0 Å². The van der Waals surface area contributed by atoms with Gasteiger partial charge in [0.15, 0.2) is 5.82 Å². The van der Waals surface area contributed by atoms with Gasteiger partial charge < -0.3 is 14.5 Å². The Morgan fingerprint density at radius 2 is 1.36 bits per heavy atom. The van der Waals surface area contributed by atoms with Crippen molar-refractivity contribution in [2.75, 3.05) is 14.2 Å². The molecule has 4 heteroatoms. The molecule has 0 saturated heterocycles. The highest BCUT2D eigenvalue weighted by atomic mass is 16.7. The van der Waals surface area contributed by atoms with Crippen LogP contribution in [-0.4, -0.2) is 24.2 Å². The maximum absolute atomic E-state index is 5.32. The summed E-state index contributed by atoms with van der Waals surface area (Å²) in [6.07, 6.45) is -0.495. The van der Waals surface area contributed by atoms with Crippen LogP contribution in [0.5, 0.6) is 0 Å². The molecule has 1 N–H and O–H groups in total. The molecule has 110 valence electrons. The average molecular weight is 292 g/mol. The summed E-state index contributed by atoms with van der Waals surface area (Å²) < 4.78 is 10.6. The molecule has 0 saturated carbocycles. The average Bonchev–Trinajstić information content (AvgIpc) is 3.02. The van der Waals surface area contributed by atoms with Gasteiger partial charge in [0, 0.05) is 25.0 Å². The molecule has 0 aliphatic heterocycles. The fourth-order valence-corrected chi connectivity index (χ4v) is 3.07. The summed E-state index contributed by atoms with van der Waals surface area (Å²) in [6, 6.07) is 16.7. The predicted octanol–water partition coefficient (Wildman–Crippen LogP) is 4.16. The highest BCUT2D eigenvalue weighted by molar-refractivity contribution is 6.23. The summed E-state index contributed by atoms with van der Waals surface area (Å²) in [5.41, 5.74) is 1.96. The van der Waals surface area contributed by atoms with E-state index in [1.54, 1.807) is 14.2 Å². The molecule has 0 atom stereocenters. The van der Waals surface area contributed by atoms with E-state index < -0.39 is 6.29 Å². The first-order chi connectivity index (χ1) is 10.8. The van der Waals surface area contributed by atoms with Crippen molar-refractivity contribution in [3.63, 3.8) is 0 Å². The lowest BCUT2D eigenvalue weighted by molar-refractivity contribution is -0.110. The molecule has 0 spiro atoms. The highest BCUT2D eigenvalue weighted by Gasteiger charge is 2.17. The first kappa shape index (κ1) is 13.2. The SMILES string of the molecule is COC(OC)c1nc2c3ccccc3c3ccccc3c2[nH]1. The molecule has 0 amide bonds. The van der Waals surface area contributed by atoms with Crippen molar-refractivity contribution in [1.29, 1.82) is 0 Å². The van der Waals surface area contributed by atoms with E-state index in [4.69, 9.17) is 14.5 Å². The molecule has 0 radical (unpaired) electrons. The summed E-state index contributed by atoms with van der Waals surface area (Å²) in [4.78, 5) is 8.10. The molecule has 4 nitrogen and oxygen atoms in total. The number of aromatic nitrogens is 2. The normalized spacial score (nSPS) is 12.0. The Morgan fingerprint density at radius 3 is 2.00 bits per heavy atom. The van der Waals surface area contributed by atoms with E-state index in [9.17, 15) is 0 Å². The molecule has 0 unspecified atom stereocenters. The quantitative estimate of drug-likeness (QED) is 0.455. The number of hydrogen-bond donors (Lipinski definition) is 1. The van der Waals surface area contributed by atoms with E-state index in [0.717, 1.165) is 21.8 Å². The Morgan fingerprint density at radius 1 is 0.818 bits per heavy atom. The topological polar surface area (TPSA) is 47.1 Å². The van der Waals surface area contributed by atoms with E-state index in [0.29, 0.717) is 5.82 Å². The lowest BCUT2D eigenvalue weighted by atomic mass is 10.0. The molecule has 3 aromatic carbocycles. The minimum atomic E-state index is -0.495. The predicted molar refractivity (Wildman–Crippen MR) is 87.9 cm³/mol. The second kappa shape index (κ2) is 5.09. The van der Waals surface area contributed by atoms with Crippen molar-refractivity contribution >= 4 is 32.6 Å². The fraction of sp³-hybridized carbons (Fsp3) is 0.167. The van der Waals surface area contributed by atoms with Gasteiger partial charge in [-0.1, -0.05) is 48.5 Å². The Labute approximate surface area is 127 Å². The zero-order valence-corrected chi connectivity index (χ0v) is 12.5. The number of H-pyrrole nitrogens is 1. The molecular formula is C18H16N2O2. The van der Waals surface area contributed by atoms with Crippen molar-refractivity contribution in [1.82, 2.24) is 9.97 Å². The minimum Gasteiger partial charge on any atom is -0.349 e. The van der Waals surface area contributed by atoms with Gasteiger partial charge >= 0.3 is 0 Å². The zero-order chi connectivity index (χ0) is 15.1. The second-order valence-electron chi connectivity index (χ2n) is 5.24. The number of nitrogens with one attached hydrogen (secondary N) is 1. The lowest BCUT2D eigenvalue weighted by Crippen LogP contribution is -2.05. The van der Waals surface area contributed by atoms with Crippen LogP contribution < -0.4 is 0 Å². The summed E-state index contributed by atoms with van der Waals surface area (Å²) >= 11 is 0. The van der Waals surface area contributed by atoms with Crippen LogP contribution in [0.4, 0.5) is 0 Å². The third-order valence-corrected chi connectivity index (χ3v) is 4.04. The van der Waals surface area contributed by atoms with Crippen LogP contribution in [-0.2, 0) is 9.47 Å².